The Kier molecular flexibility index (Phi) is 8.46. The predicted octanol–water partition coefficient (Wildman–Crippen LogP) is 7.37. The minimum absolute atomic E-state index is 0.222. The highest BCUT2D eigenvalue weighted by Gasteiger charge is 2.38. The minimum Gasteiger partial charge on any atom is -0.293 e. The molecule has 0 aliphatic rings. The van der Waals surface area contributed by atoms with E-state index in [1.165, 1.54) is 0 Å². The van der Waals surface area contributed by atoms with Gasteiger partial charge in [0.1, 0.15) is 0 Å². The van der Waals surface area contributed by atoms with Crippen LogP contribution in [0, 0.1) is 39.5 Å². The maximum absolute atomic E-state index is 14.0. The summed E-state index contributed by atoms with van der Waals surface area (Å²) in [6, 6.07) is 28.4. The van der Waals surface area contributed by atoms with Crippen molar-refractivity contribution in [1.29, 1.82) is 0 Å². The molecule has 0 unspecified atom stereocenters. The third kappa shape index (κ3) is 5.85. The number of benzene rings is 4. The van der Waals surface area contributed by atoms with Crippen LogP contribution in [-0.2, 0) is 0 Å². The summed E-state index contributed by atoms with van der Waals surface area (Å²) >= 11 is 0. The summed E-state index contributed by atoms with van der Waals surface area (Å²) in [6.45, 7) is 7.27. The van der Waals surface area contributed by atoms with Crippen molar-refractivity contribution >= 4 is 23.1 Å². The van der Waals surface area contributed by atoms with Gasteiger partial charge in [0.15, 0.2) is 23.1 Å². The first-order chi connectivity index (χ1) is 18.7. The number of hydrogen-bond acceptors (Lipinski definition) is 4. The molecule has 4 aromatic rings. The molecular formula is C35H32O4. The molecule has 4 heteroatoms. The van der Waals surface area contributed by atoms with Gasteiger partial charge in [-0.15, -0.1) is 0 Å². The number of carbonyl (C=O) groups is 4. The Labute approximate surface area is 229 Å². The van der Waals surface area contributed by atoms with Crippen molar-refractivity contribution in [2.24, 2.45) is 11.8 Å². The van der Waals surface area contributed by atoms with E-state index in [2.05, 4.69) is 0 Å². The van der Waals surface area contributed by atoms with Crippen LogP contribution < -0.4 is 0 Å². The summed E-state index contributed by atoms with van der Waals surface area (Å²) in [5.41, 5.74) is 4.58. The van der Waals surface area contributed by atoms with E-state index in [4.69, 9.17) is 0 Å². The summed E-state index contributed by atoms with van der Waals surface area (Å²) in [4.78, 5) is 56.1. The number of rotatable bonds is 10. The number of ketones is 4. The van der Waals surface area contributed by atoms with Gasteiger partial charge in [0, 0.05) is 22.3 Å². The molecule has 0 saturated heterocycles. The molecule has 0 amide bonds. The average Bonchev–Trinajstić information content (AvgIpc) is 2.93. The molecule has 0 heterocycles. The molecule has 0 bridgehead atoms. The molecule has 0 atom stereocenters. The largest absolute Gasteiger partial charge is 0.293 e. The fraction of sp³-hybridized carbons (Fsp3) is 0.200. The zero-order valence-electron chi connectivity index (χ0n) is 22.7. The Balaban J connectivity index is 1.86. The first-order valence-electron chi connectivity index (χ1n) is 13.1. The van der Waals surface area contributed by atoms with Crippen LogP contribution in [0.2, 0.25) is 0 Å². The predicted molar refractivity (Wildman–Crippen MR) is 154 cm³/mol. The quantitative estimate of drug-likeness (QED) is 0.163. The van der Waals surface area contributed by atoms with Crippen molar-refractivity contribution in [2.45, 2.75) is 34.1 Å². The molecule has 4 aromatic carbocycles. The zero-order chi connectivity index (χ0) is 28.1. The van der Waals surface area contributed by atoms with Crippen LogP contribution in [-0.4, -0.2) is 23.1 Å². The smallest absolute Gasteiger partial charge is 0.173 e. The van der Waals surface area contributed by atoms with Crippen LogP contribution >= 0.6 is 0 Å². The molecule has 0 aliphatic carbocycles. The lowest BCUT2D eigenvalue weighted by Crippen LogP contribution is -2.34. The van der Waals surface area contributed by atoms with Gasteiger partial charge in [-0.3, -0.25) is 19.2 Å². The number of aryl methyl sites for hydroxylation is 4. The molecule has 0 saturated carbocycles. The number of carbonyl (C=O) groups excluding carboxylic acids is 4. The standard InChI is InChI=1S/C35H32O4/c1-22-13-5-9-17-26(22)32(36)30(33(37)27-18-10-6-14-23(27)2)21-31(34(38)28-19-11-7-15-24(28)3)35(39)29-20-12-8-16-25(29)4/h5-20,30-31H,21H2,1-4H3. The van der Waals surface area contributed by atoms with E-state index in [9.17, 15) is 19.2 Å². The first kappa shape index (κ1) is 27.6. The molecule has 0 N–H and O–H groups in total. The number of hydrogen-bond donors (Lipinski definition) is 0. The second-order valence-corrected chi connectivity index (χ2v) is 10.1. The van der Waals surface area contributed by atoms with E-state index in [1.54, 1.807) is 48.5 Å². The zero-order valence-corrected chi connectivity index (χ0v) is 22.7. The summed E-state index contributed by atoms with van der Waals surface area (Å²) in [5, 5.41) is 0. The Hall–Kier alpha value is -4.44. The molecule has 0 aliphatic heterocycles. The fourth-order valence-electron chi connectivity index (χ4n) is 5.05. The lowest BCUT2D eigenvalue weighted by molar-refractivity contribution is 0.0728. The van der Waals surface area contributed by atoms with Crippen molar-refractivity contribution in [3.8, 4) is 0 Å². The molecule has 4 rings (SSSR count). The van der Waals surface area contributed by atoms with Gasteiger partial charge in [-0.1, -0.05) is 97.1 Å². The summed E-state index contributed by atoms with van der Waals surface area (Å²) in [6.07, 6.45) is -0.222. The number of Topliss-reactive ketones (excluding diaryl/α,β-unsaturated/α-hetero) is 4. The van der Waals surface area contributed by atoms with E-state index < -0.39 is 11.8 Å². The maximum Gasteiger partial charge on any atom is 0.173 e. The maximum atomic E-state index is 14.0. The molecule has 0 aromatic heterocycles. The van der Waals surface area contributed by atoms with E-state index in [0.717, 1.165) is 22.3 Å². The van der Waals surface area contributed by atoms with Gasteiger partial charge in [-0.05, 0) is 56.4 Å². The summed E-state index contributed by atoms with van der Waals surface area (Å²) < 4.78 is 0. The second-order valence-electron chi connectivity index (χ2n) is 10.1. The average molecular weight is 517 g/mol. The van der Waals surface area contributed by atoms with Crippen molar-refractivity contribution in [3.05, 3.63) is 142 Å². The van der Waals surface area contributed by atoms with Crippen LogP contribution in [0.25, 0.3) is 0 Å². The van der Waals surface area contributed by atoms with E-state index in [-0.39, 0.29) is 29.6 Å². The van der Waals surface area contributed by atoms with Gasteiger partial charge in [0.05, 0.1) is 11.8 Å². The Morgan fingerprint density at radius 1 is 0.410 bits per heavy atom. The SMILES string of the molecule is Cc1ccccc1C(=O)C(CC(C(=O)c1ccccc1C)C(=O)c1ccccc1C)C(=O)c1ccccc1C. The Bertz CT molecular complexity index is 1330. The van der Waals surface area contributed by atoms with Crippen LogP contribution in [0.5, 0.6) is 0 Å². The van der Waals surface area contributed by atoms with E-state index in [1.807, 2.05) is 76.2 Å². The van der Waals surface area contributed by atoms with E-state index >= 15 is 0 Å². The van der Waals surface area contributed by atoms with Gasteiger partial charge in [-0.2, -0.15) is 0 Å². The fourth-order valence-corrected chi connectivity index (χ4v) is 5.05. The molecule has 196 valence electrons. The molecule has 0 radical (unpaired) electrons. The highest BCUT2D eigenvalue weighted by Crippen LogP contribution is 2.30. The summed E-state index contributed by atoms with van der Waals surface area (Å²) in [5.74, 6) is -3.97. The third-order valence-electron chi connectivity index (χ3n) is 7.38. The molecule has 39 heavy (non-hydrogen) atoms. The topological polar surface area (TPSA) is 68.3 Å². The summed E-state index contributed by atoms with van der Waals surface area (Å²) in [7, 11) is 0. The highest BCUT2D eigenvalue weighted by molar-refractivity contribution is 6.20. The van der Waals surface area contributed by atoms with Crippen molar-refractivity contribution in [2.75, 3.05) is 0 Å². The van der Waals surface area contributed by atoms with Gasteiger partial charge in [-0.25, -0.2) is 0 Å². The minimum atomic E-state index is -1.21. The molecular weight excluding hydrogens is 484 g/mol. The normalized spacial score (nSPS) is 11.0. The highest BCUT2D eigenvalue weighted by atomic mass is 16.2. The van der Waals surface area contributed by atoms with Gasteiger partial charge in [0.2, 0.25) is 0 Å². The molecule has 0 fully saturated rings. The van der Waals surface area contributed by atoms with Crippen molar-refractivity contribution < 1.29 is 19.2 Å². The monoisotopic (exact) mass is 516 g/mol. The van der Waals surface area contributed by atoms with Gasteiger partial charge >= 0.3 is 0 Å². The molecule has 4 nitrogen and oxygen atoms in total. The van der Waals surface area contributed by atoms with Gasteiger partial charge in [0.25, 0.3) is 0 Å². The Morgan fingerprint density at radius 2 is 0.615 bits per heavy atom. The van der Waals surface area contributed by atoms with Crippen LogP contribution in [0.4, 0.5) is 0 Å². The Morgan fingerprint density at radius 3 is 0.821 bits per heavy atom. The lowest BCUT2D eigenvalue weighted by Gasteiger charge is -2.23. The first-order valence-corrected chi connectivity index (χ1v) is 13.1. The third-order valence-corrected chi connectivity index (χ3v) is 7.38. The molecule has 0 spiro atoms. The van der Waals surface area contributed by atoms with Crippen molar-refractivity contribution in [3.63, 3.8) is 0 Å². The van der Waals surface area contributed by atoms with E-state index in [0.29, 0.717) is 22.3 Å². The van der Waals surface area contributed by atoms with Crippen LogP contribution in [0.15, 0.2) is 97.1 Å². The van der Waals surface area contributed by atoms with Crippen LogP contribution in [0.3, 0.4) is 0 Å². The second kappa shape index (κ2) is 12.0. The van der Waals surface area contributed by atoms with Crippen molar-refractivity contribution in [1.82, 2.24) is 0 Å². The van der Waals surface area contributed by atoms with Gasteiger partial charge < -0.3 is 0 Å². The lowest BCUT2D eigenvalue weighted by atomic mass is 9.76. The van der Waals surface area contributed by atoms with Crippen LogP contribution in [0.1, 0.15) is 70.1 Å².